The molecule has 0 amide bonds. The molecule has 8 nitrogen and oxygen atoms in total. The molecule has 0 aromatic carbocycles. The highest BCUT2D eigenvalue weighted by atomic mass is 16.4. The van der Waals surface area contributed by atoms with E-state index in [0.717, 1.165) is 19.3 Å². The topological polar surface area (TPSA) is 151 Å². The number of aliphatic carboxylic acids is 2. The summed E-state index contributed by atoms with van der Waals surface area (Å²) in [5, 5.41) is 17.2. The lowest BCUT2D eigenvalue weighted by Gasteiger charge is -2.03. The Morgan fingerprint density at radius 1 is 0.826 bits per heavy atom. The maximum absolute atomic E-state index is 10.5. The van der Waals surface area contributed by atoms with Crippen LogP contribution in [0.2, 0.25) is 0 Å². The van der Waals surface area contributed by atoms with Gasteiger partial charge in [0.15, 0.2) is 0 Å². The summed E-state index contributed by atoms with van der Waals surface area (Å²) in [5.41, 5.74) is 10.8. The average Bonchev–Trinajstić information content (AvgIpc) is 2.50. The standard InChI is InChI=1S/C15H28N4O4/c16-12(14(20)21)6-4-10-18-8-2-1-3-9-19-11-5-7-13(17)15(22)23/h8-9,12-13H,1-7,10-11,16-17H2,(H,20,21)(H,22,23). The van der Waals surface area contributed by atoms with Crippen molar-refractivity contribution in [3.8, 4) is 0 Å². The lowest BCUT2D eigenvalue weighted by molar-refractivity contribution is -0.139. The smallest absolute Gasteiger partial charge is 0.320 e. The third-order valence-electron chi connectivity index (χ3n) is 3.16. The zero-order chi connectivity index (χ0) is 17.5. The number of carboxylic acids is 2. The molecule has 2 unspecified atom stereocenters. The Hall–Kier alpha value is -1.80. The molecule has 8 heteroatoms. The van der Waals surface area contributed by atoms with Crippen molar-refractivity contribution >= 4 is 24.4 Å². The van der Waals surface area contributed by atoms with Crippen LogP contribution in [0.1, 0.15) is 44.9 Å². The van der Waals surface area contributed by atoms with Crippen molar-refractivity contribution in [3.63, 3.8) is 0 Å². The molecule has 2 atom stereocenters. The highest BCUT2D eigenvalue weighted by Gasteiger charge is 2.10. The first-order chi connectivity index (χ1) is 10.9. The Balaban J connectivity index is 3.41. The van der Waals surface area contributed by atoms with Gasteiger partial charge in [0.2, 0.25) is 0 Å². The molecule has 0 spiro atoms. The first-order valence-corrected chi connectivity index (χ1v) is 7.88. The zero-order valence-electron chi connectivity index (χ0n) is 13.4. The number of nitrogens with zero attached hydrogens (tertiary/aromatic N) is 2. The van der Waals surface area contributed by atoms with Gasteiger partial charge in [0.1, 0.15) is 12.1 Å². The van der Waals surface area contributed by atoms with Crippen LogP contribution in [0.15, 0.2) is 9.98 Å². The second kappa shape index (κ2) is 13.8. The fourth-order valence-electron chi connectivity index (χ4n) is 1.72. The Morgan fingerprint density at radius 3 is 1.57 bits per heavy atom. The van der Waals surface area contributed by atoms with Crippen LogP contribution in [0.5, 0.6) is 0 Å². The first-order valence-electron chi connectivity index (χ1n) is 7.88. The molecular weight excluding hydrogens is 300 g/mol. The minimum Gasteiger partial charge on any atom is -0.480 e. The largest absolute Gasteiger partial charge is 0.480 e. The highest BCUT2D eigenvalue weighted by molar-refractivity contribution is 5.73. The minimum atomic E-state index is -0.974. The second-order valence-electron chi connectivity index (χ2n) is 5.28. The number of nitrogens with two attached hydrogens (primary N) is 2. The summed E-state index contributed by atoms with van der Waals surface area (Å²) in [6.45, 7) is 1.19. The maximum atomic E-state index is 10.5. The fourth-order valence-corrected chi connectivity index (χ4v) is 1.72. The Morgan fingerprint density at radius 2 is 1.22 bits per heavy atom. The van der Waals surface area contributed by atoms with Crippen molar-refractivity contribution in [2.24, 2.45) is 21.5 Å². The van der Waals surface area contributed by atoms with E-state index in [-0.39, 0.29) is 0 Å². The average molecular weight is 328 g/mol. The Bertz CT molecular complexity index is 363. The van der Waals surface area contributed by atoms with Crippen molar-refractivity contribution in [1.82, 2.24) is 0 Å². The molecule has 0 heterocycles. The summed E-state index contributed by atoms with van der Waals surface area (Å²) in [6, 6.07) is -1.60. The Labute approximate surface area is 136 Å². The van der Waals surface area contributed by atoms with Crippen LogP contribution in [-0.4, -0.2) is 59.8 Å². The first kappa shape index (κ1) is 21.2. The van der Waals surface area contributed by atoms with Crippen LogP contribution in [0.25, 0.3) is 0 Å². The van der Waals surface area contributed by atoms with E-state index in [1.54, 1.807) is 0 Å². The van der Waals surface area contributed by atoms with Gasteiger partial charge in [-0.15, -0.1) is 0 Å². The number of aliphatic imine (C=N–C) groups is 2. The van der Waals surface area contributed by atoms with Crippen LogP contribution in [0, 0.1) is 0 Å². The van der Waals surface area contributed by atoms with Crippen molar-refractivity contribution in [1.29, 1.82) is 0 Å². The molecule has 0 rings (SSSR count). The lowest BCUT2D eigenvalue weighted by atomic mass is 10.2. The van der Waals surface area contributed by atoms with Crippen molar-refractivity contribution < 1.29 is 19.8 Å². The lowest BCUT2D eigenvalue weighted by Crippen LogP contribution is -2.29. The van der Waals surface area contributed by atoms with Crippen molar-refractivity contribution in [2.45, 2.75) is 57.0 Å². The van der Waals surface area contributed by atoms with Crippen molar-refractivity contribution in [2.75, 3.05) is 13.1 Å². The van der Waals surface area contributed by atoms with E-state index in [9.17, 15) is 9.59 Å². The highest BCUT2D eigenvalue weighted by Crippen LogP contribution is 1.97. The molecule has 0 aromatic heterocycles. The van der Waals surface area contributed by atoms with Gasteiger partial charge in [-0.3, -0.25) is 19.6 Å². The minimum absolute atomic E-state index is 0.435. The van der Waals surface area contributed by atoms with Crippen LogP contribution in [-0.2, 0) is 9.59 Å². The van der Waals surface area contributed by atoms with Gasteiger partial charge in [-0.05, 0) is 57.4 Å². The van der Waals surface area contributed by atoms with Crippen LogP contribution >= 0.6 is 0 Å². The van der Waals surface area contributed by atoms with Gasteiger partial charge in [-0.1, -0.05) is 0 Å². The van der Waals surface area contributed by atoms with Gasteiger partial charge in [-0.25, -0.2) is 0 Å². The van der Waals surface area contributed by atoms with E-state index >= 15 is 0 Å². The van der Waals surface area contributed by atoms with Gasteiger partial charge in [0.25, 0.3) is 0 Å². The third kappa shape index (κ3) is 13.6. The number of hydrogen-bond acceptors (Lipinski definition) is 6. The van der Waals surface area contributed by atoms with Gasteiger partial charge in [0, 0.05) is 13.1 Å². The maximum Gasteiger partial charge on any atom is 0.320 e. The summed E-state index contributed by atoms with van der Waals surface area (Å²) in [6.07, 6.45) is 8.53. The van der Waals surface area contributed by atoms with Crippen molar-refractivity contribution in [3.05, 3.63) is 0 Å². The van der Waals surface area contributed by atoms with E-state index < -0.39 is 24.0 Å². The molecule has 0 saturated carbocycles. The monoisotopic (exact) mass is 328 g/mol. The molecular formula is C15H28N4O4. The van der Waals surface area contributed by atoms with E-state index in [1.165, 1.54) is 0 Å². The van der Waals surface area contributed by atoms with E-state index in [2.05, 4.69) is 9.98 Å². The van der Waals surface area contributed by atoms with Crippen LogP contribution in [0.3, 0.4) is 0 Å². The van der Waals surface area contributed by atoms with Gasteiger partial charge in [-0.2, -0.15) is 0 Å². The SMILES string of the molecule is NC(CCCN=CCCCC=NCCCC(N)C(=O)O)C(=O)O. The molecule has 6 N–H and O–H groups in total. The van der Waals surface area contributed by atoms with Gasteiger partial charge >= 0.3 is 11.9 Å². The van der Waals surface area contributed by atoms with Gasteiger partial charge < -0.3 is 21.7 Å². The second-order valence-corrected chi connectivity index (χ2v) is 5.28. The molecule has 0 fully saturated rings. The quantitative estimate of drug-likeness (QED) is 0.272. The normalized spacial score (nSPS) is 14.3. The molecule has 0 saturated heterocycles. The van der Waals surface area contributed by atoms with Gasteiger partial charge in [0.05, 0.1) is 0 Å². The summed E-state index contributed by atoms with van der Waals surface area (Å²) in [5.74, 6) is -1.95. The molecule has 23 heavy (non-hydrogen) atoms. The summed E-state index contributed by atoms with van der Waals surface area (Å²) in [7, 11) is 0. The molecule has 0 aliphatic heterocycles. The molecule has 0 aliphatic rings. The molecule has 0 aromatic rings. The third-order valence-corrected chi connectivity index (χ3v) is 3.16. The molecule has 0 bridgehead atoms. The predicted octanol–water partition coefficient (Wildman–Crippen LogP) is 0.683. The summed E-state index contributed by atoms with van der Waals surface area (Å²) >= 11 is 0. The van der Waals surface area contributed by atoms with Crippen LogP contribution in [0.4, 0.5) is 0 Å². The predicted molar refractivity (Wildman–Crippen MR) is 90.3 cm³/mol. The fraction of sp³-hybridized carbons (Fsp3) is 0.733. The number of unbranched alkanes of at least 4 members (excludes halogenated alkanes) is 2. The Kier molecular flexibility index (Phi) is 12.8. The zero-order valence-corrected chi connectivity index (χ0v) is 13.4. The van der Waals surface area contributed by atoms with E-state index in [4.69, 9.17) is 21.7 Å². The number of carboxylic acid groups (broad SMARTS) is 2. The number of rotatable bonds is 14. The number of carbonyl (C=O) groups is 2. The van der Waals surface area contributed by atoms with Crippen LogP contribution < -0.4 is 11.5 Å². The summed E-state index contributed by atoms with van der Waals surface area (Å²) < 4.78 is 0. The molecule has 0 aliphatic carbocycles. The van der Waals surface area contributed by atoms with E-state index in [0.29, 0.717) is 38.8 Å². The number of hydrogen-bond donors (Lipinski definition) is 4. The van der Waals surface area contributed by atoms with E-state index in [1.807, 2.05) is 12.4 Å². The molecule has 0 radical (unpaired) electrons. The summed E-state index contributed by atoms with van der Waals surface area (Å²) in [4.78, 5) is 29.4. The molecule has 132 valence electrons.